The molecule has 108 valence electrons. The van der Waals surface area contributed by atoms with E-state index in [2.05, 4.69) is 0 Å². The third-order valence-corrected chi connectivity index (χ3v) is 3.42. The van der Waals surface area contributed by atoms with Crippen LogP contribution in [0.15, 0.2) is 36.4 Å². The first kappa shape index (κ1) is 13.6. The van der Waals surface area contributed by atoms with E-state index >= 15 is 0 Å². The predicted molar refractivity (Wildman–Crippen MR) is 74.5 cm³/mol. The molecule has 0 saturated carbocycles. The zero-order valence-electron chi connectivity index (χ0n) is 12.0. The Bertz CT molecular complexity index is 492. The highest BCUT2D eigenvalue weighted by Crippen LogP contribution is 2.29. The fourth-order valence-corrected chi connectivity index (χ4v) is 2.33. The topological polar surface area (TPSA) is 36.9 Å². The van der Waals surface area contributed by atoms with Crippen molar-refractivity contribution in [1.82, 2.24) is 0 Å². The molecule has 0 bridgehead atoms. The lowest BCUT2D eigenvalue weighted by Gasteiger charge is -2.42. The van der Waals surface area contributed by atoms with Crippen LogP contribution in [-0.4, -0.2) is 30.9 Å². The van der Waals surface area contributed by atoms with Crippen molar-refractivity contribution >= 4 is 0 Å². The van der Waals surface area contributed by atoms with Gasteiger partial charge in [0, 0.05) is 0 Å². The largest absolute Gasteiger partial charge is 0.461 e. The minimum Gasteiger partial charge on any atom is -0.461 e. The molecule has 0 N–H and O–H groups in total. The van der Waals surface area contributed by atoms with Crippen molar-refractivity contribution in [2.45, 2.75) is 45.1 Å². The zero-order valence-corrected chi connectivity index (χ0v) is 12.0. The highest BCUT2D eigenvalue weighted by atomic mass is 16.8. The lowest BCUT2D eigenvalue weighted by atomic mass is 10.1. The van der Waals surface area contributed by atoms with Gasteiger partial charge in [-0.3, -0.25) is 0 Å². The van der Waals surface area contributed by atoms with Crippen molar-refractivity contribution < 1.29 is 18.9 Å². The van der Waals surface area contributed by atoms with E-state index in [1.54, 1.807) is 0 Å². The summed E-state index contributed by atoms with van der Waals surface area (Å²) in [5.74, 6) is 0.237. The molecule has 0 aromatic heterocycles. The van der Waals surface area contributed by atoms with Crippen molar-refractivity contribution in [2.24, 2.45) is 0 Å². The molecule has 3 rings (SSSR count). The molecule has 0 unspecified atom stereocenters. The van der Waals surface area contributed by atoms with Gasteiger partial charge in [-0.15, -0.1) is 0 Å². The molecular formula is C16H20O4. The average molecular weight is 276 g/mol. The number of rotatable bonds is 2. The van der Waals surface area contributed by atoms with Gasteiger partial charge in [-0.1, -0.05) is 23.8 Å². The molecule has 4 heteroatoms. The van der Waals surface area contributed by atoms with E-state index in [1.807, 2.05) is 57.2 Å². The quantitative estimate of drug-likeness (QED) is 0.778. The smallest absolute Gasteiger partial charge is 0.220 e. The summed E-state index contributed by atoms with van der Waals surface area (Å²) in [6.07, 6.45) is 3.30. The maximum absolute atomic E-state index is 5.86. The standard InChI is InChI=1S/C16H20O4/c1-11-4-6-12(7-5-11)18-15-9-8-13-14(19-15)10-17-16(2,3)20-13/h4-9,13-15H,10H2,1-3H3/t13-,14+,15+/m0/s1. The maximum atomic E-state index is 5.86. The number of hydrogen-bond donors (Lipinski definition) is 0. The summed E-state index contributed by atoms with van der Waals surface area (Å²) >= 11 is 0. The molecule has 0 amide bonds. The summed E-state index contributed by atoms with van der Waals surface area (Å²) in [6, 6.07) is 7.91. The molecule has 1 aromatic carbocycles. The Morgan fingerprint density at radius 3 is 2.65 bits per heavy atom. The number of ether oxygens (including phenoxy) is 4. The minimum absolute atomic E-state index is 0.0726. The van der Waals surface area contributed by atoms with Crippen LogP contribution in [0.25, 0.3) is 0 Å². The van der Waals surface area contributed by atoms with Gasteiger partial charge in [-0.25, -0.2) is 0 Å². The van der Waals surface area contributed by atoms with Gasteiger partial charge in [0.2, 0.25) is 6.29 Å². The van der Waals surface area contributed by atoms with Crippen LogP contribution in [0.2, 0.25) is 0 Å². The van der Waals surface area contributed by atoms with Gasteiger partial charge in [0.05, 0.1) is 6.61 Å². The first-order chi connectivity index (χ1) is 9.52. The first-order valence-corrected chi connectivity index (χ1v) is 6.91. The molecule has 1 aromatic rings. The van der Waals surface area contributed by atoms with Crippen LogP contribution < -0.4 is 4.74 Å². The van der Waals surface area contributed by atoms with Crippen LogP contribution >= 0.6 is 0 Å². The predicted octanol–water partition coefficient (Wildman–Crippen LogP) is 2.81. The van der Waals surface area contributed by atoms with Crippen LogP contribution in [0.4, 0.5) is 0 Å². The molecule has 2 heterocycles. The monoisotopic (exact) mass is 276 g/mol. The first-order valence-electron chi connectivity index (χ1n) is 6.91. The van der Waals surface area contributed by atoms with Gasteiger partial charge in [0.25, 0.3) is 0 Å². The highest BCUT2D eigenvalue weighted by molar-refractivity contribution is 5.26. The van der Waals surface area contributed by atoms with E-state index in [4.69, 9.17) is 18.9 Å². The van der Waals surface area contributed by atoms with Crippen LogP contribution in [-0.2, 0) is 14.2 Å². The summed E-state index contributed by atoms with van der Waals surface area (Å²) < 4.78 is 23.1. The zero-order chi connectivity index (χ0) is 14.2. The fourth-order valence-electron chi connectivity index (χ4n) is 2.33. The molecular weight excluding hydrogens is 256 g/mol. The third kappa shape index (κ3) is 3.03. The van der Waals surface area contributed by atoms with Crippen molar-refractivity contribution in [3.8, 4) is 5.75 Å². The molecule has 1 saturated heterocycles. The van der Waals surface area contributed by atoms with E-state index < -0.39 is 12.1 Å². The van der Waals surface area contributed by atoms with E-state index in [0.29, 0.717) is 6.61 Å². The van der Waals surface area contributed by atoms with Crippen molar-refractivity contribution in [2.75, 3.05) is 6.61 Å². The number of benzene rings is 1. The van der Waals surface area contributed by atoms with Gasteiger partial charge >= 0.3 is 0 Å². The lowest BCUT2D eigenvalue weighted by Crippen LogP contribution is -2.52. The van der Waals surface area contributed by atoms with Gasteiger partial charge in [0.1, 0.15) is 18.0 Å². The van der Waals surface area contributed by atoms with Crippen LogP contribution in [0.5, 0.6) is 5.75 Å². The molecule has 2 aliphatic heterocycles. The van der Waals surface area contributed by atoms with Gasteiger partial charge in [-0.05, 0) is 39.0 Å². The molecule has 1 fully saturated rings. The molecule has 20 heavy (non-hydrogen) atoms. The van der Waals surface area contributed by atoms with Crippen LogP contribution in [0.3, 0.4) is 0 Å². The van der Waals surface area contributed by atoms with E-state index in [-0.39, 0.29) is 12.2 Å². The Morgan fingerprint density at radius 2 is 1.90 bits per heavy atom. The van der Waals surface area contributed by atoms with E-state index in [0.717, 1.165) is 5.75 Å². The van der Waals surface area contributed by atoms with E-state index in [1.165, 1.54) is 5.56 Å². The SMILES string of the molecule is Cc1ccc(O[C@H]2C=C[C@@H]3OC(C)(C)OC[C@H]3O2)cc1. The van der Waals surface area contributed by atoms with Gasteiger partial charge in [0.15, 0.2) is 5.79 Å². The molecule has 0 radical (unpaired) electrons. The van der Waals surface area contributed by atoms with Crippen molar-refractivity contribution in [1.29, 1.82) is 0 Å². The molecule has 3 atom stereocenters. The van der Waals surface area contributed by atoms with Gasteiger partial charge < -0.3 is 18.9 Å². The number of hydrogen-bond acceptors (Lipinski definition) is 4. The number of aryl methyl sites for hydroxylation is 1. The Labute approximate surface area is 119 Å². The third-order valence-electron chi connectivity index (χ3n) is 3.42. The average Bonchev–Trinajstić information content (AvgIpc) is 2.41. The molecule has 0 spiro atoms. The molecule has 0 aliphatic carbocycles. The number of fused-ring (bicyclic) bond motifs is 1. The molecule has 2 aliphatic rings. The van der Waals surface area contributed by atoms with Crippen LogP contribution in [0.1, 0.15) is 19.4 Å². The highest BCUT2D eigenvalue weighted by Gasteiger charge is 2.39. The van der Waals surface area contributed by atoms with Crippen molar-refractivity contribution in [3.63, 3.8) is 0 Å². The lowest BCUT2D eigenvalue weighted by molar-refractivity contribution is -0.314. The second-order valence-electron chi connectivity index (χ2n) is 5.65. The summed E-state index contributed by atoms with van der Waals surface area (Å²) in [5, 5.41) is 0. The summed E-state index contributed by atoms with van der Waals surface area (Å²) in [4.78, 5) is 0. The van der Waals surface area contributed by atoms with Crippen LogP contribution in [0, 0.1) is 6.92 Å². The van der Waals surface area contributed by atoms with E-state index in [9.17, 15) is 0 Å². The Balaban J connectivity index is 1.65. The second kappa shape index (κ2) is 5.20. The summed E-state index contributed by atoms with van der Waals surface area (Å²) in [6.45, 7) is 6.37. The summed E-state index contributed by atoms with van der Waals surface area (Å²) in [7, 11) is 0. The Kier molecular flexibility index (Phi) is 3.54. The second-order valence-corrected chi connectivity index (χ2v) is 5.65. The van der Waals surface area contributed by atoms with Crippen molar-refractivity contribution in [3.05, 3.63) is 42.0 Å². The maximum Gasteiger partial charge on any atom is 0.220 e. The fraction of sp³-hybridized carbons (Fsp3) is 0.500. The van der Waals surface area contributed by atoms with Gasteiger partial charge in [-0.2, -0.15) is 0 Å². The minimum atomic E-state index is -0.556. The summed E-state index contributed by atoms with van der Waals surface area (Å²) in [5.41, 5.74) is 1.20. The normalized spacial score (nSPS) is 31.6. The Hall–Kier alpha value is -1.36. The Morgan fingerprint density at radius 1 is 1.15 bits per heavy atom. The molecule has 4 nitrogen and oxygen atoms in total.